The van der Waals surface area contributed by atoms with Gasteiger partial charge < -0.3 is 9.88 Å². The summed E-state index contributed by atoms with van der Waals surface area (Å²) in [4.78, 5) is 15.2. The molecule has 1 amide bonds. The van der Waals surface area contributed by atoms with E-state index in [-0.39, 0.29) is 5.91 Å². The molecule has 0 aliphatic carbocycles. The average molecular weight is 241 g/mol. The molecule has 0 radical (unpaired) electrons. The smallest absolute Gasteiger partial charge is 0.243 e. The first-order chi connectivity index (χ1) is 8.70. The van der Waals surface area contributed by atoms with E-state index in [9.17, 15) is 4.79 Å². The fourth-order valence-electron chi connectivity index (χ4n) is 1.69. The largest absolute Gasteiger partial charge is 0.348 e. The highest BCUT2D eigenvalue weighted by atomic mass is 16.1. The van der Waals surface area contributed by atoms with E-state index in [0.717, 1.165) is 17.1 Å². The Labute approximate surface area is 106 Å². The van der Waals surface area contributed by atoms with Gasteiger partial charge in [-0.15, -0.1) is 0 Å². The lowest BCUT2D eigenvalue weighted by Crippen LogP contribution is -2.19. The summed E-state index contributed by atoms with van der Waals surface area (Å²) in [5.74, 6) is 0.784. The zero-order valence-corrected chi connectivity index (χ0v) is 10.3. The van der Waals surface area contributed by atoms with Crippen LogP contribution < -0.4 is 5.32 Å². The minimum atomic E-state index is -0.162. The molecule has 0 saturated carbocycles. The van der Waals surface area contributed by atoms with Gasteiger partial charge in [0.15, 0.2) is 0 Å². The van der Waals surface area contributed by atoms with Crippen molar-refractivity contribution in [1.82, 2.24) is 14.9 Å². The van der Waals surface area contributed by atoms with Crippen LogP contribution >= 0.6 is 0 Å². The van der Waals surface area contributed by atoms with Crippen LogP contribution in [-0.2, 0) is 11.3 Å². The SMILES string of the molecule is C=CC(=O)NCc1ccc(-n2ccnc2C)cc1. The molecular formula is C14H15N3O. The standard InChI is InChI=1S/C14H15N3O/c1-3-14(18)16-10-12-4-6-13(7-5-12)17-9-8-15-11(17)2/h3-9H,1,10H2,2H3,(H,16,18). The highest BCUT2D eigenvalue weighted by Gasteiger charge is 2.01. The van der Waals surface area contributed by atoms with Gasteiger partial charge in [0.05, 0.1) is 0 Å². The Morgan fingerprint density at radius 1 is 1.44 bits per heavy atom. The molecule has 1 aromatic carbocycles. The summed E-state index contributed by atoms with van der Waals surface area (Å²) in [6.45, 7) is 5.87. The molecule has 92 valence electrons. The Morgan fingerprint density at radius 3 is 2.72 bits per heavy atom. The number of nitrogens with zero attached hydrogens (tertiary/aromatic N) is 2. The van der Waals surface area contributed by atoms with Gasteiger partial charge in [-0.3, -0.25) is 4.79 Å². The van der Waals surface area contributed by atoms with Crippen LogP contribution in [0.3, 0.4) is 0 Å². The Bertz CT molecular complexity index is 555. The lowest BCUT2D eigenvalue weighted by Gasteiger charge is -2.07. The van der Waals surface area contributed by atoms with E-state index in [1.165, 1.54) is 6.08 Å². The van der Waals surface area contributed by atoms with E-state index in [1.54, 1.807) is 6.20 Å². The lowest BCUT2D eigenvalue weighted by molar-refractivity contribution is -0.116. The highest BCUT2D eigenvalue weighted by Crippen LogP contribution is 2.11. The molecule has 4 nitrogen and oxygen atoms in total. The second-order valence-corrected chi connectivity index (χ2v) is 3.93. The van der Waals surface area contributed by atoms with Gasteiger partial charge in [-0.2, -0.15) is 0 Å². The van der Waals surface area contributed by atoms with Gasteiger partial charge in [-0.25, -0.2) is 4.98 Å². The van der Waals surface area contributed by atoms with E-state index in [0.29, 0.717) is 6.54 Å². The molecule has 0 bridgehead atoms. The maximum Gasteiger partial charge on any atom is 0.243 e. The average Bonchev–Trinajstić information content (AvgIpc) is 2.83. The first-order valence-corrected chi connectivity index (χ1v) is 5.70. The third-order valence-electron chi connectivity index (χ3n) is 2.69. The van der Waals surface area contributed by atoms with Crippen molar-refractivity contribution < 1.29 is 4.79 Å². The second-order valence-electron chi connectivity index (χ2n) is 3.93. The number of nitrogens with one attached hydrogen (secondary N) is 1. The van der Waals surface area contributed by atoms with Gasteiger partial charge >= 0.3 is 0 Å². The number of carbonyl (C=O) groups excluding carboxylic acids is 1. The van der Waals surface area contributed by atoms with Crippen LogP contribution in [0.15, 0.2) is 49.3 Å². The molecule has 4 heteroatoms. The van der Waals surface area contributed by atoms with E-state index >= 15 is 0 Å². The van der Waals surface area contributed by atoms with Gasteiger partial charge in [0.2, 0.25) is 5.91 Å². The zero-order valence-electron chi connectivity index (χ0n) is 10.3. The molecule has 1 N–H and O–H groups in total. The number of carbonyl (C=O) groups is 1. The van der Waals surface area contributed by atoms with E-state index < -0.39 is 0 Å². The van der Waals surface area contributed by atoms with Crippen LogP contribution in [0.2, 0.25) is 0 Å². The summed E-state index contributed by atoms with van der Waals surface area (Å²) in [6.07, 6.45) is 4.96. The minimum absolute atomic E-state index is 0.162. The molecule has 1 aromatic heterocycles. The van der Waals surface area contributed by atoms with Crippen molar-refractivity contribution in [3.05, 3.63) is 60.7 Å². The van der Waals surface area contributed by atoms with Gasteiger partial charge in [-0.05, 0) is 30.7 Å². The minimum Gasteiger partial charge on any atom is -0.348 e. The quantitative estimate of drug-likeness (QED) is 0.832. The van der Waals surface area contributed by atoms with Crippen molar-refractivity contribution >= 4 is 5.91 Å². The summed E-state index contributed by atoms with van der Waals surface area (Å²) in [5, 5.41) is 2.74. The number of amides is 1. The number of rotatable bonds is 4. The van der Waals surface area contributed by atoms with Gasteiger partial charge in [-0.1, -0.05) is 18.7 Å². The van der Waals surface area contributed by atoms with Gasteiger partial charge in [0.1, 0.15) is 5.82 Å². The zero-order chi connectivity index (χ0) is 13.0. The molecule has 0 spiro atoms. The van der Waals surface area contributed by atoms with Gasteiger partial charge in [0.25, 0.3) is 0 Å². The van der Waals surface area contributed by atoms with E-state index in [1.807, 2.05) is 42.0 Å². The molecule has 0 fully saturated rings. The molecule has 18 heavy (non-hydrogen) atoms. The predicted molar refractivity (Wildman–Crippen MR) is 70.3 cm³/mol. The Morgan fingerprint density at radius 2 is 2.17 bits per heavy atom. The van der Waals surface area contributed by atoms with Crippen molar-refractivity contribution in [2.45, 2.75) is 13.5 Å². The maximum absolute atomic E-state index is 11.0. The maximum atomic E-state index is 11.0. The molecule has 2 rings (SSSR count). The van der Waals surface area contributed by atoms with Crippen LogP contribution in [0.4, 0.5) is 0 Å². The van der Waals surface area contributed by atoms with Crippen molar-refractivity contribution in [2.24, 2.45) is 0 Å². The fraction of sp³-hybridized carbons (Fsp3) is 0.143. The summed E-state index contributed by atoms with van der Waals surface area (Å²) in [7, 11) is 0. The van der Waals surface area contributed by atoms with E-state index in [2.05, 4.69) is 16.9 Å². The number of hydrogen-bond donors (Lipinski definition) is 1. The summed E-state index contributed by atoms with van der Waals surface area (Å²) in [5.41, 5.74) is 2.11. The first kappa shape index (κ1) is 12.1. The van der Waals surface area contributed by atoms with Crippen LogP contribution in [0, 0.1) is 6.92 Å². The molecule has 0 unspecified atom stereocenters. The normalized spacial score (nSPS) is 10.1. The lowest BCUT2D eigenvalue weighted by atomic mass is 10.2. The van der Waals surface area contributed by atoms with Crippen LogP contribution in [0.5, 0.6) is 0 Å². The predicted octanol–water partition coefficient (Wildman–Crippen LogP) is 1.98. The highest BCUT2D eigenvalue weighted by molar-refractivity contribution is 5.86. The Balaban J connectivity index is 2.08. The number of hydrogen-bond acceptors (Lipinski definition) is 2. The monoisotopic (exact) mass is 241 g/mol. The number of benzene rings is 1. The molecule has 0 aliphatic heterocycles. The molecule has 0 atom stereocenters. The summed E-state index contributed by atoms with van der Waals surface area (Å²) in [6, 6.07) is 7.98. The number of aryl methyl sites for hydroxylation is 1. The molecule has 0 aliphatic rings. The third-order valence-corrected chi connectivity index (χ3v) is 2.69. The van der Waals surface area contributed by atoms with Crippen LogP contribution in [0.1, 0.15) is 11.4 Å². The molecular weight excluding hydrogens is 226 g/mol. The molecule has 1 heterocycles. The van der Waals surface area contributed by atoms with E-state index in [4.69, 9.17) is 0 Å². The Hall–Kier alpha value is -2.36. The number of aromatic nitrogens is 2. The van der Waals surface area contributed by atoms with Crippen molar-refractivity contribution in [3.8, 4) is 5.69 Å². The fourth-order valence-corrected chi connectivity index (χ4v) is 1.69. The summed E-state index contributed by atoms with van der Waals surface area (Å²) >= 11 is 0. The third kappa shape index (κ3) is 2.66. The first-order valence-electron chi connectivity index (χ1n) is 5.70. The summed E-state index contributed by atoms with van der Waals surface area (Å²) < 4.78 is 2.01. The van der Waals surface area contributed by atoms with Crippen LogP contribution in [0.25, 0.3) is 5.69 Å². The Kier molecular flexibility index (Phi) is 3.57. The topological polar surface area (TPSA) is 46.9 Å². The second kappa shape index (κ2) is 5.31. The molecule has 2 aromatic rings. The van der Waals surface area contributed by atoms with Crippen LogP contribution in [-0.4, -0.2) is 15.5 Å². The van der Waals surface area contributed by atoms with Crippen molar-refractivity contribution in [1.29, 1.82) is 0 Å². The van der Waals surface area contributed by atoms with Crippen molar-refractivity contribution in [2.75, 3.05) is 0 Å². The number of imidazole rings is 1. The van der Waals surface area contributed by atoms with Gasteiger partial charge in [0, 0.05) is 24.6 Å². The van der Waals surface area contributed by atoms with Crippen molar-refractivity contribution in [3.63, 3.8) is 0 Å². The molecule has 0 saturated heterocycles.